The quantitative estimate of drug-likeness (QED) is 0.451. The van der Waals surface area contributed by atoms with Gasteiger partial charge in [-0.15, -0.1) is 0 Å². The second-order valence-electron chi connectivity index (χ2n) is 8.29. The summed E-state index contributed by atoms with van der Waals surface area (Å²) in [5.41, 5.74) is 5.21. The highest BCUT2D eigenvalue weighted by molar-refractivity contribution is 6.08. The molecule has 2 heterocycles. The highest BCUT2D eigenvalue weighted by Gasteiger charge is 2.18. The third-order valence-corrected chi connectivity index (χ3v) is 6.34. The van der Waals surface area contributed by atoms with Crippen LogP contribution in [0.5, 0.6) is 0 Å². The lowest BCUT2D eigenvalue weighted by molar-refractivity contribution is 0.122. The third kappa shape index (κ3) is 3.73. The predicted octanol–water partition coefficient (Wildman–Crippen LogP) is 5.27. The number of aromatic nitrogens is 1. The van der Waals surface area contributed by atoms with Gasteiger partial charge in [-0.1, -0.05) is 36.4 Å². The summed E-state index contributed by atoms with van der Waals surface area (Å²) in [4.78, 5) is 5.00. The number of halogens is 1. The molecule has 4 heteroatoms. The van der Waals surface area contributed by atoms with Crippen LogP contribution in [0.25, 0.3) is 21.8 Å². The maximum absolute atomic E-state index is 13.1. The smallest absolute Gasteiger partial charge is 0.123 e. The molecule has 4 aromatic rings. The van der Waals surface area contributed by atoms with Crippen molar-refractivity contribution >= 4 is 21.8 Å². The van der Waals surface area contributed by atoms with Crippen LogP contribution in [0.15, 0.2) is 66.7 Å². The first-order valence-corrected chi connectivity index (χ1v) is 10.9. The van der Waals surface area contributed by atoms with Crippen LogP contribution in [-0.2, 0) is 19.6 Å². The summed E-state index contributed by atoms with van der Waals surface area (Å²) in [6.45, 7) is 9.32. The van der Waals surface area contributed by atoms with E-state index in [0.717, 1.165) is 45.8 Å². The second kappa shape index (κ2) is 8.21. The Morgan fingerprint density at radius 3 is 2.00 bits per heavy atom. The van der Waals surface area contributed by atoms with Crippen molar-refractivity contribution in [1.29, 1.82) is 0 Å². The first kappa shape index (κ1) is 19.3. The van der Waals surface area contributed by atoms with Crippen molar-refractivity contribution in [3.05, 3.63) is 83.7 Å². The van der Waals surface area contributed by atoms with Crippen molar-refractivity contribution in [3.63, 3.8) is 0 Å². The van der Waals surface area contributed by atoms with Crippen LogP contribution >= 0.6 is 0 Å². The van der Waals surface area contributed by atoms with Gasteiger partial charge in [-0.3, -0.25) is 9.80 Å². The molecule has 1 saturated heterocycles. The summed E-state index contributed by atoms with van der Waals surface area (Å²) in [5, 5.41) is 2.71. The maximum atomic E-state index is 13.1. The van der Waals surface area contributed by atoms with E-state index in [0.29, 0.717) is 0 Å². The zero-order valence-electron chi connectivity index (χ0n) is 17.5. The molecule has 0 amide bonds. The zero-order valence-corrected chi connectivity index (χ0v) is 17.5. The van der Waals surface area contributed by atoms with Crippen LogP contribution in [0.1, 0.15) is 18.1 Å². The van der Waals surface area contributed by atoms with Gasteiger partial charge in [0.25, 0.3) is 0 Å². The maximum Gasteiger partial charge on any atom is 0.123 e. The Labute approximate surface area is 177 Å². The van der Waals surface area contributed by atoms with Crippen LogP contribution in [0.4, 0.5) is 4.39 Å². The van der Waals surface area contributed by atoms with Gasteiger partial charge in [0, 0.05) is 67.6 Å². The van der Waals surface area contributed by atoms with Gasteiger partial charge in [-0.25, -0.2) is 4.39 Å². The van der Waals surface area contributed by atoms with E-state index >= 15 is 0 Å². The van der Waals surface area contributed by atoms with E-state index in [9.17, 15) is 4.39 Å². The molecule has 1 aromatic heterocycles. The molecule has 0 saturated carbocycles. The lowest BCUT2D eigenvalue weighted by Gasteiger charge is -2.34. The number of rotatable bonds is 5. The molecule has 1 aliphatic heterocycles. The van der Waals surface area contributed by atoms with Crippen molar-refractivity contribution in [2.45, 2.75) is 26.6 Å². The number of hydrogen-bond donors (Lipinski definition) is 0. The molecule has 0 N–H and O–H groups in total. The van der Waals surface area contributed by atoms with E-state index in [1.165, 1.54) is 32.9 Å². The molecular formula is C26H28FN3. The van der Waals surface area contributed by atoms with E-state index in [-0.39, 0.29) is 5.82 Å². The Hall–Kier alpha value is -2.69. The van der Waals surface area contributed by atoms with E-state index in [4.69, 9.17) is 0 Å². The Balaban J connectivity index is 1.27. The van der Waals surface area contributed by atoms with Gasteiger partial charge in [0.05, 0.1) is 0 Å². The SMILES string of the molecule is CCn1c2ccccc2c2cc(CN3CCN(Cc4ccc(F)cc4)CC3)ccc21. The highest BCUT2D eigenvalue weighted by Crippen LogP contribution is 2.30. The molecule has 154 valence electrons. The molecule has 3 aromatic carbocycles. The topological polar surface area (TPSA) is 11.4 Å². The summed E-state index contributed by atoms with van der Waals surface area (Å²) >= 11 is 0. The Morgan fingerprint density at radius 2 is 1.30 bits per heavy atom. The van der Waals surface area contributed by atoms with Gasteiger partial charge in [-0.2, -0.15) is 0 Å². The second-order valence-corrected chi connectivity index (χ2v) is 8.29. The van der Waals surface area contributed by atoms with E-state index in [1.807, 2.05) is 12.1 Å². The van der Waals surface area contributed by atoms with Crippen LogP contribution in [0.3, 0.4) is 0 Å². The molecular weight excluding hydrogens is 373 g/mol. The van der Waals surface area contributed by atoms with Crippen molar-refractivity contribution < 1.29 is 4.39 Å². The number of nitrogens with zero attached hydrogens (tertiary/aromatic N) is 3. The molecule has 1 fully saturated rings. The molecule has 0 unspecified atom stereocenters. The normalized spacial score (nSPS) is 15.9. The van der Waals surface area contributed by atoms with Crippen LogP contribution < -0.4 is 0 Å². The fourth-order valence-corrected chi connectivity index (χ4v) is 4.75. The molecule has 0 bridgehead atoms. The summed E-state index contributed by atoms with van der Waals surface area (Å²) in [5.74, 6) is -0.164. The van der Waals surface area contributed by atoms with Gasteiger partial charge in [-0.05, 0) is 48.4 Å². The fourth-order valence-electron chi connectivity index (χ4n) is 4.75. The van der Waals surface area contributed by atoms with Gasteiger partial charge in [0.1, 0.15) is 5.82 Å². The van der Waals surface area contributed by atoms with Gasteiger partial charge < -0.3 is 4.57 Å². The standard InChI is InChI=1S/C26H28FN3/c1-2-30-25-6-4-3-5-23(25)24-17-21(9-12-26(24)30)19-29-15-13-28(14-16-29)18-20-7-10-22(27)11-8-20/h3-12,17H,2,13-16,18-19H2,1H3. The van der Waals surface area contributed by atoms with Crippen molar-refractivity contribution in [2.24, 2.45) is 0 Å². The predicted molar refractivity (Wildman–Crippen MR) is 122 cm³/mol. The minimum Gasteiger partial charge on any atom is -0.341 e. The fraction of sp³-hybridized carbons (Fsp3) is 0.308. The van der Waals surface area contributed by atoms with Gasteiger partial charge in [0.15, 0.2) is 0 Å². The van der Waals surface area contributed by atoms with Crippen molar-refractivity contribution in [3.8, 4) is 0 Å². The summed E-state index contributed by atoms with van der Waals surface area (Å²) in [7, 11) is 0. The summed E-state index contributed by atoms with van der Waals surface area (Å²) < 4.78 is 15.5. The van der Waals surface area contributed by atoms with E-state index in [2.05, 4.69) is 63.8 Å². The molecule has 0 spiro atoms. The number of fused-ring (bicyclic) bond motifs is 3. The first-order valence-electron chi connectivity index (χ1n) is 10.9. The lowest BCUT2D eigenvalue weighted by Crippen LogP contribution is -2.45. The Kier molecular flexibility index (Phi) is 5.28. The number of piperazine rings is 1. The summed E-state index contributed by atoms with van der Waals surface area (Å²) in [6, 6.07) is 22.6. The number of aryl methyl sites for hydroxylation is 1. The van der Waals surface area contributed by atoms with Crippen molar-refractivity contribution in [2.75, 3.05) is 26.2 Å². The molecule has 0 atom stereocenters. The third-order valence-electron chi connectivity index (χ3n) is 6.34. The molecule has 30 heavy (non-hydrogen) atoms. The number of para-hydroxylation sites is 1. The minimum absolute atomic E-state index is 0.164. The van der Waals surface area contributed by atoms with Crippen molar-refractivity contribution in [1.82, 2.24) is 14.4 Å². The Morgan fingerprint density at radius 1 is 0.700 bits per heavy atom. The van der Waals surface area contributed by atoms with E-state index in [1.54, 1.807) is 12.1 Å². The zero-order chi connectivity index (χ0) is 20.5. The lowest BCUT2D eigenvalue weighted by atomic mass is 10.1. The van der Waals surface area contributed by atoms with Crippen LogP contribution in [-0.4, -0.2) is 40.5 Å². The van der Waals surface area contributed by atoms with Gasteiger partial charge >= 0.3 is 0 Å². The molecule has 5 rings (SSSR count). The van der Waals surface area contributed by atoms with Gasteiger partial charge in [0.2, 0.25) is 0 Å². The van der Waals surface area contributed by atoms with Crippen LogP contribution in [0.2, 0.25) is 0 Å². The van der Waals surface area contributed by atoms with E-state index < -0.39 is 0 Å². The average Bonchev–Trinajstić information content (AvgIpc) is 3.10. The molecule has 3 nitrogen and oxygen atoms in total. The summed E-state index contributed by atoms with van der Waals surface area (Å²) in [6.07, 6.45) is 0. The molecule has 0 radical (unpaired) electrons. The number of benzene rings is 3. The Bertz CT molecular complexity index is 1150. The minimum atomic E-state index is -0.164. The monoisotopic (exact) mass is 401 g/mol. The molecule has 1 aliphatic rings. The highest BCUT2D eigenvalue weighted by atomic mass is 19.1. The average molecular weight is 402 g/mol. The molecule has 0 aliphatic carbocycles. The largest absolute Gasteiger partial charge is 0.341 e. The van der Waals surface area contributed by atoms with Crippen LogP contribution in [0, 0.1) is 5.82 Å². The number of hydrogen-bond acceptors (Lipinski definition) is 2. The first-order chi connectivity index (χ1) is 14.7.